The van der Waals surface area contributed by atoms with Crippen molar-refractivity contribution in [1.29, 1.82) is 0 Å². The molecule has 22 heavy (non-hydrogen) atoms. The van der Waals surface area contributed by atoms with E-state index >= 15 is 0 Å². The van der Waals surface area contributed by atoms with Crippen molar-refractivity contribution in [3.8, 4) is 0 Å². The molecule has 3 rings (SSSR count). The van der Waals surface area contributed by atoms with E-state index in [2.05, 4.69) is 20.2 Å². The van der Waals surface area contributed by atoms with E-state index in [1.54, 1.807) is 0 Å². The molecule has 1 saturated carbocycles. The Morgan fingerprint density at radius 1 is 1.45 bits per heavy atom. The van der Waals surface area contributed by atoms with Gasteiger partial charge >= 0.3 is 0 Å². The number of carbonyl (C=O) groups excluding carboxylic acids is 1. The highest BCUT2D eigenvalue weighted by atomic mass is 16.3. The van der Waals surface area contributed by atoms with Gasteiger partial charge in [-0.05, 0) is 32.7 Å². The molecule has 1 aliphatic heterocycles. The maximum atomic E-state index is 12.3. The molecule has 1 saturated heterocycles. The molecule has 0 radical (unpaired) electrons. The molecule has 3 N–H and O–H groups in total. The van der Waals surface area contributed by atoms with E-state index in [1.807, 2.05) is 7.05 Å². The van der Waals surface area contributed by atoms with Crippen LogP contribution >= 0.6 is 0 Å². The van der Waals surface area contributed by atoms with Gasteiger partial charge in [0.2, 0.25) is 0 Å². The van der Waals surface area contributed by atoms with Gasteiger partial charge in [0, 0.05) is 31.1 Å². The average molecular weight is 306 g/mol. The lowest BCUT2D eigenvalue weighted by atomic mass is 9.77. The Morgan fingerprint density at radius 2 is 2.14 bits per heavy atom. The molecule has 120 valence electrons. The van der Waals surface area contributed by atoms with Gasteiger partial charge in [-0.15, -0.1) is 0 Å². The zero-order chi connectivity index (χ0) is 15.7. The maximum absolute atomic E-state index is 12.3. The van der Waals surface area contributed by atoms with Crippen molar-refractivity contribution in [2.75, 3.05) is 20.1 Å². The number of carbonyl (C=O) groups is 1. The summed E-state index contributed by atoms with van der Waals surface area (Å²) in [4.78, 5) is 32.3. The van der Waals surface area contributed by atoms with Crippen LogP contribution in [0.25, 0.3) is 0 Å². The molecule has 7 heteroatoms. The molecule has 0 spiro atoms. The fourth-order valence-corrected chi connectivity index (χ4v) is 3.12. The van der Waals surface area contributed by atoms with Crippen molar-refractivity contribution in [3.63, 3.8) is 0 Å². The predicted octanol–water partition coefficient (Wildman–Crippen LogP) is -0.411. The average Bonchev–Trinajstić information content (AvgIpc) is 2.45. The van der Waals surface area contributed by atoms with Crippen molar-refractivity contribution in [3.05, 3.63) is 28.4 Å². The molecule has 1 aliphatic carbocycles. The number of hydrogen-bond acceptors (Lipinski definition) is 5. The number of nitrogens with zero attached hydrogens (tertiary/aromatic N) is 2. The minimum absolute atomic E-state index is 0.0577. The maximum Gasteiger partial charge on any atom is 0.252 e. The van der Waals surface area contributed by atoms with Crippen LogP contribution in [0.3, 0.4) is 0 Å². The van der Waals surface area contributed by atoms with Gasteiger partial charge in [0.25, 0.3) is 11.5 Å². The highest BCUT2D eigenvalue weighted by Crippen LogP contribution is 2.35. The van der Waals surface area contributed by atoms with Crippen LogP contribution in [0.1, 0.15) is 37.3 Å². The SMILES string of the molecule is CN1CCC(O)(C(=O)NC2CC(c3cc(=O)[nH]cn3)C2)CC1. The number of nitrogens with one attached hydrogen (secondary N) is 2. The van der Waals surface area contributed by atoms with Crippen LogP contribution in [0.2, 0.25) is 0 Å². The number of hydrogen-bond donors (Lipinski definition) is 3. The van der Waals surface area contributed by atoms with Crippen LogP contribution in [0.15, 0.2) is 17.2 Å². The molecule has 0 aromatic carbocycles. The van der Waals surface area contributed by atoms with Gasteiger partial charge in [0.05, 0.1) is 12.0 Å². The van der Waals surface area contributed by atoms with Crippen LogP contribution < -0.4 is 10.9 Å². The Balaban J connectivity index is 1.51. The topological polar surface area (TPSA) is 98.3 Å². The van der Waals surface area contributed by atoms with Crippen molar-refractivity contribution >= 4 is 5.91 Å². The predicted molar refractivity (Wildman–Crippen MR) is 80.4 cm³/mol. The number of H-pyrrole nitrogens is 1. The van der Waals surface area contributed by atoms with Gasteiger partial charge < -0.3 is 20.3 Å². The van der Waals surface area contributed by atoms with Crippen molar-refractivity contribution in [1.82, 2.24) is 20.2 Å². The smallest absolute Gasteiger partial charge is 0.252 e. The summed E-state index contributed by atoms with van der Waals surface area (Å²) in [5, 5.41) is 13.4. The molecule has 2 aliphatic rings. The molecule has 0 unspecified atom stereocenters. The largest absolute Gasteiger partial charge is 0.380 e. The lowest BCUT2D eigenvalue weighted by molar-refractivity contribution is -0.145. The normalized spacial score (nSPS) is 27.9. The van der Waals surface area contributed by atoms with Crippen LogP contribution in [0.5, 0.6) is 0 Å². The third kappa shape index (κ3) is 3.05. The summed E-state index contributed by atoms with van der Waals surface area (Å²) in [7, 11) is 1.99. The summed E-state index contributed by atoms with van der Waals surface area (Å²) >= 11 is 0. The van der Waals surface area contributed by atoms with Gasteiger partial charge in [0.1, 0.15) is 5.60 Å². The highest BCUT2D eigenvalue weighted by molar-refractivity contribution is 5.85. The Kier molecular flexibility index (Phi) is 4.01. The van der Waals surface area contributed by atoms with Crippen LogP contribution in [-0.2, 0) is 4.79 Å². The molecule has 0 atom stereocenters. The fourth-order valence-electron chi connectivity index (χ4n) is 3.12. The Labute approximate surface area is 128 Å². The third-order valence-corrected chi connectivity index (χ3v) is 4.83. The summed E-state index contributed by atoms with van der Waals surface area (Å²) in [5.74, 6) is -0.0531. The minimum atomic E-state index is -1.24. The number of aromatic nitrogens is 2. The lowest BCUT2D eigenvalue weighted by Crippen LogP contribution is -2.57. The van der Waals surface area contributed by atoms with Crippen LogP contribution in [0, 0.1) is 0 Å². The zero-order valence-corrected chi connectivity index (χ0v) is 12.7. The second-order valence-corrected chi connectivity index (χ2v) is 6.51. The van der Waals surface area contributed by atoms with E-state index in [0.717, 1.165) is 31.6 Å². The number of aromatic amines is 1. The van der Waals surface area contributed by atoms with Crippen molar-refractivity contribution in [2.45, 2.75) is 43.2 Å². The van der Waals surface area contributed by atoms with Gasteiger partial charge in [-0.1, -0.05) is 0 Å². The summed E-state index contributed by atoms with van der Waals surface area (Å²) in [6.45, 7) is 1.46. The minimum Gasteiger partial charge on any atom is -0.380 e. The molecular weight excluding hydrogens is 284 g/mol. The summed E-state index contributed by atoms with van der Waals surface area (Å²) in [6, 6.07) is 1.56. The van der Waals surface area contributed by atoms with Gasteiger partial charge in [-0.3, -0.25) is 9.59 Å². The van der Waals surface area contributed by atoms with E-state index in [0.29, 0.717) is 12.8 Å². The fraction of sp³-hybridized carbons (Fsp3) is 0.667. The quantitative estimate of drug-likeness (QED) is 0.705. The van der Waals surface area contributed by atoms with E-state index < -0.39 is 5.60 Å². The van der Waals surface area contributed by atoms with E-state index in [1.165, 1.54) is 12.4 Å². The van der Waals surface area contributed by atoms with Crippen molar-refractivity contribution in [2.24, 2.45) is 0 Å². The molecule has 1 aromatic heterocycles. The third-order valence-electron chi connectivity index (χ3n) is 4.83. The van der Waals surface area contributed by atoms with Gasteiger partial charge in [-0.2, -0.15) is 0 Å². The number of rotatable bonds is 3. The van der Waals surface area contributed by atoms with Crippen LogP contribution in [0.4, 0.5) is 0 Å². The van der Waals surface area contributed by atoms with Gasteiger partial charge in [-0.25, -0.2) is 4.98 Å². The second-order valence-electron chi connectivity index (χ2n) is 6.51. The summed E-state index contributed by atoms with van der Waals surface area (Å²) in [5.41, 5.74) is -0.620. The Morgan fingerprint density at radius 3 is 2.77 bits per heavy atom. The molecular formula is C15H22N4O3. The number of piperidine rings is 1. The first-order valence-corrected chi connectivity index (χ1v) is 7.73. The first-order valence-electron chi connectivity index (χ1n) is 7.73. The number of aliphatic hydroxyl groups is 1. The lowest BCUT2D eigenvalue weighted by Gasteiger charge is -2.40. The first kappa shape index (κ1) is 15.2. The molecule has 7 nitrogen and oxygen atoms in total. The standard InChI is InChI=1S/C15H22N4O3/c1-19-4-2-15(22,3-5-19)14(21)18-11-6-10(7-11)12-8-13(20)17-9-16-12/h8-11,22H,2-7H2,1H3,(H,18,21)(H,16,17,20). The molecule has 1 amide bonds. The zero-order valence-electron chi connectivity index (χ0n) is 12.7. The van der Waals surface area contributed by atoms with Gasteiger partial charge in [0.15, 0.2) is 0 Å². The molecule has 0 bridgehead atoms. The van der Waals surface area contributed by atoms with E-state index in [4.69, 9.17) is 0 Å². The Bertz CT molecular complexity index is 601. The molecule has 1 aromatic rings. The van der Waals surface area contributed by atoms with Crippen LogP contribution in [-0.4, -0.2) is 57.7 Å². The monoisotopic (exact) mass is 306 g/mol. The summed E-state index contributed by atoms with van der Waals surface area (Å²) in [6.07, 6.45) is 3.88. The van der Waals surface area contributed by atoms with E-state index in [-0.39, 0.29) is 23.4 Å². The molecule has 2 heterocycles. The number of amides is 1. The highest BCUT2D eigenvalue weighted by Gasteiger charge is 2.41. The van der Waals surface area contributed by atoms with E-state index in [9.17, 15) is 14.7 Å². The summed E-state index contributed by atoms with van der Waals surface area (Å²) < 4.78 is 0. The second kappa shape index (κ2) is 5.81. The molecule has 2 fully saturated rings. The Hall–Kier alpha value is -1.73. The van der Waals surface area contributed by atoms with Crippen molar-refractivity contribution < 1.29 is 9.90 Å². The number of likely N-dealkylation sites (tertiary alicyclic amines) is 1. The first-order chi connectivity index (χ1) is 10.5.